The van der Waals surface area contributed by atoms with Crippen LogP contribution in [-0.2, 0) is 11.4 Å². The number of nitrogens with zero attached hydrogens (tertiary/aromatic N) is 1. The Hall–Kier alpha value is -3.10. The number of para-hydroxylation sites is 2. The minimum Gasteiger partial charge on any atom is -0.495 e. The normalized spacial score (nSPS) is 14.9. The number of nitrogens with one attached hydrogen (secondary N) is 1. The fraction of sp³-hybridized carbons (Fsp3) is 0.0909. The second kappa shape index (κ2) is 8.73. The second-order valence-corrected chi connectivity index (χ2v) is 7.65. The van der Waals surface area contributed by atoms with E-state index >= 15 is 0 Å². The molecule has 2 aromatic carbocycles. The van der Waals surface area contributed by atoms with E-state index in [-0.39, 0.29) is 17.6 Å². The van der Waals surface area contributed by atoms with Crippen molar-refractivity contribution in [1.29, 1.82) is 0 Å². The summed E-state index contributed by atoms with van der Waals surface area (Å²) in [6.07, 6.45) is 1.62. The lowest BCUT2D eigenvalue weighted by Gasteiger charge is -2.17. The molecule has 2 heterocycles. The molecule has 8 heteroatoms. The lowest BCUT2D eigenvalue weighted by Crippen LogP contribution is -2.30. The lowest BCUT2D eigenvalue weighted by molar-refractivity contribution is -0.113. The van der Waals surface area contributed by atoms with E-state index in [1.165, 1.54) is 4.90 Å². The molecule has 1 amide bonds. The van der Waals surface area contributed by atoms with Crippen molar-refractivity contribution in [3.63, 3.8) is 0 Å². The third kappa shape index (κ3) is 4.24. The molecule has 1 aliphatic heterocycles. The molecule has 152 valence electrons. The first kappa shape index (κ1) is 20.2. The number of rotatable bonds is 6. The monoisotopic (exact) mass is 484 g/mol. The molecule has 0 radical (unpaired) electrons. The molecule has 1 N–H and O–H groups in total. The number of thiocarbonyl (C=S) groups is 1. The number of methoxy groups -OCH3 is 1. The van der Waals surface area contributed by atoms with Gasteiger partial charge in [0.05, 0.1) is 12.8 Å². The first-order valence-electron chi connectivity index (χ1n) is 9.02. The highest BCUT2D eigenvalue weighted by atomic mass is 79.9. The van der Waals surface area contributed by atoms with Crippen molar-refractivity contribution in [2.45, 2.75) is 6.61 Å². The summed E-state index contributed by atoms with van der Waals surface area (Å²) < 4.78 is 17.8. The topological polar surface area (TPSA) is 63.9 Å². The van der Waals surface area contributed by atoms with Gasteiger partial charge in [-0.15, -0.1) is 0 Å². The van der Waals surface area contributed by atoms with Crippen LogP contribution in [0, 0.1) is 0 Å². The zero-order valence-corrected chi connectivity index (χ0v) is 18.3. The van der Waals surface area contributed by atoms with Crippen LogP contribution in [0.5, 0.6) is 11.5 Å². The first-order chi connectivity index (χ1) is 14.5. The van der Waals surface area contributed by atoms with Crippen molar-refractivity contribution >= 4 is 50.9 Å². The molecule has 0 unspecified atom stereocenters. The summed E-state index contributed by atoms with van der Waals surface area (Å²) in [6.45, 7) is 0.276. The van der Waals surface area contributed by atoms with Gasteiger partial charge in [-0.25, -0.2) is 4.90 Å². The van der Waals surface area contributed by atoms with Crippen molar-refractivity contribution < 1.29 is 18.7 Å². The Labute approximate surface area is 187 Å². The van der Waals surface area contributed by atoms with Crippen LogP contribution in [0.15, 0.2) is 75.3 Å². The zero-order valence-electron chi connectivity index (χ0n) is 15.9. The largest absolute Gasteiger partial charge is 0.495 e. The molecular formula is C22H17BrN2O4S. The van der Waals surface area contributed by atoms with Gasteiger partial charge in [-0.1, -0.05) is 28.1 Å². The summed E-state index contributed by atoms with van der Waals surface area (Å²) in [4.78, 5) is 14.3. The van der Waals surface area contributed by atoms with Gasteiger partial charge in [-0.3, -0.25) is 4.79 Å². The number of ether oxygens (including phenoxy) is 2. The van der Waals surface area contributed by atoms with Crippen LogP contribution in [0.2, 0.25) is 0 Å². The molecule has 30 heavy (non-hydrogen) atoms. The molecule has 0 bridgehead atoms. The molecule has 1 fully saturated rings. The van der Waals surface area contributed by atoms with Gasteiger partial charge in [-0.05, 0) is 60.7 Å². The molecule has 0 spiro atoms. The Morgan fingerprint density at radius 3 is 2.67 bits per heavy atom. The molecule has 0 saturated carbocycles. The van der Waals surface area contributed by atoms with Crippen LogP contribution < -0.4 is 19.7 Å². The number of halogens is 1. The minimum absolute atomic E-state index is 0.276. The Morgan fingerprint density at radius 2 is 1.90 bits per heavy atom. The highest BCUT2D eigenvalue weighted by Crippen LogP contribution is 2.31. The van der Waals surface area contributed by atoms with Gasteiger partial charge < -0.3 is 19.2 Å². The van der Waals surface area contributed by atoms with Gasteiger partial charge in [0.15, 0.2) is 5.11 Å². The van der Waals surface area contributed by atoms with Gasteiger partial charge in [0, 0.05) is 10.5 Å². The van der Waals surface area contributed by atoms with Gasteiger partial charge in [-0.2, -0.15) is 0 Å². The minimum atomic E-state index is -0.284. The van der Waals surface area contributed by atoms with E-state index in [0.29, 0.717) is 28.7 Å². The van der Waals surface area contributed by atoms with Crippen LogP contribution in [-0.4, -0.2) is 18.1 Å². The van der Waals surface area contributed by atoms with E-state index in [2.05, 4.69) is 21.2 Å². The maximum atomic E-state index is 12.9. The average Bonchev–Trinajstić information content (AvgIpc) is 3.31. The third-order valence-corrected chi connectivity index (χ3v) is 5.18. The molecule has 1 aliphatic rings. The number of benzene rings is 2. The summed E-state index contributed by atoms with van der Waals surface area (Å²) in [5, 5.41) is 3.22. The predicted molar refractivity (Wildman–Crippen MR) is 121 cm³/mol. The summed E-state index contributed by atoms with van der Waals surface area (Å²) in [5.41, 5.74) is 0.898. The number of hydrogen-bond acceptors (Lipinski definition) is 5. The van der Waals surface area contributed by atoms with E-state index in [9.17, 15) is 4.79 Å². The van der Waals surface area contributed by atoms with Crippen molar-refractivity contribution in [3.8, 4) is 11.5 Å². The van der Waals surface area contributed by atoms with Gasteiger partial charge in [0.1, 0.15) is 35.3 Å². The fourth-order valence-corrected chi connectivity index (χ4v) is 3.50. The van der Waals surface area contributed by atoms with E-state index in [0.717, 1.165) is 10.2 Å². The SMILES string of the molecule is COc1ccccc1N1C(=O)/C(=C\c2ccc(COc3ccc(Br)cc3)o2)NC1=S. The quantitative estimate of drug-likeness (QED) is 0.396. The number of hydrogen-bond donors (Lipinski definition) is 1. The van der Waals surface area contributed by atoms with Crippen molar-refractivity contribution in [3.05, 3.63) is 82.4 Å². The van der Waals surface area contributed by atoms with Gasteiger partial charge in [0.2, 0.25) is 0 Å². The van der Waals surface area contributed by atoms with E-state index in [1.807, 2.05) is 36.4 Å². The number of carbonyl (C=O) groups excluding carboxylic acids is 1. The standard InChI is InChI=1S/C22H17BrN2O4S/c1-27-20-5-3-2-4-19(20)25-21(26)18(24-22(25)30)12-16-10-11-17(29-16)13-28-15-8-6-14(23)7-9-15/h2-12H,13H2,1H3,(H,24,30)/b18-12+. The maximum Gasteiger partial charge on any atom is 0.281 e. The van der Waals surface area contributed by atoms with Gasteiger partial charge in [0.25, 0.3) is 5.91 Å². The Kier molecular flexibility index (Phi) is 5.87. The molecule has 0 aliphatic carbocycles. The highest BCUT2D eigenvalue weighted by Gasteiger charge is 2.33. The first-order valence-corrected chi connectivity index (χ1v) is 10.2. The molecule has 6 nitrogen and oxygen atoms in total. The van der Waals surface area contributed by atoms with Gasteiger partial charge >= 0.3 is 0 Å². The van der Waals surface area contributed by atoms with Crippen LogP contribution >= 0.6 is 28.1 Å². The molecule has 3 aromatic rings. The zero-order chi connectivity index (χ0) is 21.1. The highest BCUT2D eigenvalue weighted by molar-refractivity contribution is 9.10. The summed E-state index contributed by atoms with van der Waals surface area (Å²) >= 11 is 8.74. The fourth-order valence-electron chi connectivity index (χ4n) is 2.95. The van der Waals surface area contributed by atoms with Crippen molar-refractivity contribution in [2.24, 2.45) is 0 Å². The number of carbonyl (C=O) groups is 1. The van der Waals surface area contributed by atoms with E-state index in [1.54, 1.807) is 37.5 Å². The van der Waals surface area contributed by atoms with Crippen LogP contribution in [0.4, 0.5) is 5.69 Å². The Morgan fingerprint density at radius 1 is 1.13 bits per heavy atom. The molecule has 1 saturated heterocycles. The molecule has 4 rings (SSSR count). The van der Waals surface area contributed by atoms with E-state index in [4.69, 9.17) is 26.1 Å². The van der Waals surface area contributed by atoms with Crippen molar-refractivity contribution in [1.82, 2.24) is 5.32 Å². The second-order valence-electron chi connectivity index (χ2n) is 6.35. The molecule has 1 aromatic heterocycles. The van der Waals surface area contributed by atoms with Crippen LogP contribution in [0.1, 0.15) is 11.5 Å². The lowest BCUT2D eigenvalue weighted by atomic mass is 10.2. The molecule has 0 atom stereocenters. The smallest absolute Gasteiger partial charge is 0.281 e. The summed E-state index contributed by atoms with van der Waals surface area (Å²) in [5.74, 6) is 2.17. The molecular weight excluding hydrogens is 468 g/mol. The summed E-state index contributed by atoms with van der Waals surface area (Å²) in [7, 11) is 1.55. The third-order valence-electron chi connectivity index (χ3n) is 4.37. The number of amides is 1. The number of anilines is 1. The van der Waals surface area contributed by atoms with Crippen LogP contribution in [0.3, 0.4) is 0 Å². The van der Waals surface area contributed by atoms with E-state index < -0.39 is 0 Å². The van der Waals surface area contributed by atoms with Crippen LogP contribution in [0.25, 0.3) is 6.08 Å². The average molecular weight is 485 g/mol. The predicted octanol–water partition coefficient (Wildman–Crippen LogP) is 4.89. The Bertz CT molecular complexity index is 1120. The Balaban J connectivity index is 1.48. The number of furan rings is 1. The van der Waals surface area contributed by atoms with Crippen molar-refractivity contribution in [2.75, 3.05) is 12.0 Å². The summed E-state index contributed by atoms with van der Waals surface area (Å²) in [6, 6.07) is 18.3. The maximum absolute atomic E-state index is 12.9.